The molecule has 0 bridgehead atoms. The van der Waals surface area contributed by atoms with Crippen LogP contribution in [0.5, 0.6) is 5.75 Å². The molecule has 2 rings (SSSR count). The van der Waals surface area contributed by atoms with E-state index in [0.29, 0.717) is 26.0 Å². The molecule has 1 N–H and O–H groups in total. The van der Waals surface area contributed by atoms with Crippen molar-refractivity contribution >= 4 is 21.8 Å². The van der Waals surface area contributed by atoms with E-state index < -0.39 is 0 Å². The molecule has 0 radical (unpaired) electrons. The summed E-state index contributed by atoms with van der Waals surface area (Å²) in [6, 6.07) is 15.8. The number of hydrogen-bond acceptors (Lipinski definition) is 2. The second-order valence-corrected chi connectivity index (χ2v) is 6.08. The van der Waals surface area contributed by atoms with Crippen LogP contribution >= 0.6 is 15.9 Å². The van der Waals surface area contributed by atoms with Crippen molar-refractivity contribution in [2.75, 3.05) is 6.61 Å². The third kappa shape index (κ3) is 5.90. The molecule has 0 aliphatic carbocycles. The van der Waals surface area contributed by atoms with Gasteiger partial charge in [-0.15, -0.1) is 0 Å². The summed E-state index contributed by atoms with van der Waals surface area (Å²) in [6.45, 7) is 3.17. The first-order valence-corrected chi connectivity index (χ1v) is 8.13. The van der Waals surface area contributed by atoms with E-state index in [4.69, 9.17) is 4.74 Å². The molecule has 22 heavy (non-hydrogen) atoms. The Morgan fingerprint density at radius 3 is 2.45 bits per heavy atom. The van der Waals surface area contributed by atoms with Crippen LogP contribution in [0.2, 0.25) is 0 Å². The average molecular weight is 362 g/mol. The summed E-state index contributed by atoms with van der Waals surface area (Å²) in [7, 11) is 0. The Morgan fingerprint density at radius 1 is 1.09 bits per heavy atom. The lowest BCUT2D eigenvalue weighted by molar-refractivity contribution is -0.121. The first-order valence-electron chi connectivity index (χ1n) is 7.34. The Bertz CT molecular complexity index is 593. The number of ether oxygens (including phenoxy) is 1. The maximum atomic E-state index is 11.8. The summed E-state index contributed by atoms with van der Waals surface area (Å²) in [6.07, 6.45) is 1.18. The zero-order valence-corrected chi connectivity index (χ0v) is 14.2. The molecule has 0 aliphatic rings. The molecule has 0 spiro atoms. The van der Waals surface area contributed by atoms with Gasteiger partial charge in [-0.05, 0) is 43.2 Å². The summed E-state index contributed by atoms with van der Waals surface area (Å²) in [5.74, 6) is 0.878. The van der Waals surface area contributed by atoms with Gasteiger partial charge in [0, 0.05) is 17.4 Å². The number of halogens is 1. The monoisotopic (exact) mass is 361 g/mol. The summed E-state index contributed by atoms with van der Waals surface area (Å²) in [4.78, 5) is 11.8. The molecule has 4 heteroatoms. The van der Waals surface area contributed by atoms with Crippen molar-refractivity contribution in [1.82, 2.24) is 5.32 Å². The fraction of sp³-hybridized carbons (Fsp3) is 0.278. The highest BCUT2D eigenvalue weighted by molar-refractivity contribution is 9.10. The zero-order valence-electron chi connectivity index (χ0n) is 12.6. The molecule has 116 valence electrons. The number of carbonyl (C=O) groups is 1. The summed E-state index contributed by atoms with van der Waals surface area (Å²) >= 11 is 3.38. The molecular formula is C18H20BrNO2. The number of rotatable bonds is 7. The van der Waals surface area contributed by atoms with E-state index in [1.807, 2.05) is 55.5 Å². The minimum Gasteiger partial charge on any atom is -0.494 e. The lowest BCUT2D eigenvalue weighted by Gasteiger charge is -2.07. The van der Waals surface area contributed by atoms with Gasteiger partial charge in [0.2, 0.25) is 5.91 Å². The van der Waals surface area contributed by atoms with Crippen LogP contribution < -0.4 is 10.1 Å². The summed E-state index contributed by atoms with van der Waals surface area (Å²) in [5, 5.41) is 2.92. The maximum absolute atomic E-state index is 11.8. The number of carbonyl (C=O) groups excluding carboxylic acids is 1. The Hall–Kier alpha value is -1.81. The van der Waals surface area contributed by atoms with Crippen LogP contribution in [0.15, 0.2) is 53.0 Å². The Morgan fingerprint density at radius 2 is 1.77 bits per heavy atom. The van der Waals surface area contributed by atoms with Gasteiger partial charge >= 0.3 is 0 Å². The van der Waals surface area contributed by atoms with E-state index >= 15 is 0 Å². The van der Waals surface area contributed by atoms with E-state index in [1.165, 1.54) is 5.56 Å². The molecule has 1 amide bonds. The van der Waals surface area contributed by atoms with Crippen molar-refractivity contribution in [3.8, 4) is 5.75 Å². The topological polar surface area (TPSA) is 38.3 Å². The largest absolute Gasteiger partial charge is 0.494 e. The third-order valence-corrected chi connectivity index (χ3v) is 3.77. The van der Waals surface area contributed by atoms with Gasteiger partial charge in [0.25, 0.3) is 0 Å². The van der Waals surface area contributed by atoms with Crippen LogP contribution in [0.4, 0.5) is 0 Å². The number of hydrogen-bond donors (Lipinski definition) is 1. The summed E-state index contributed by atoms with van der Waals surface area (Å²) in [5.41, 5.74) is 2.34. The number of aryl methyl sites for hydroxylation is 1. The first-order chi connectivity index (χ1) is 10.6. The Balaban J connectivity index is 1.61. The van der Waals surface area contributed by atoms with Crippen LogP contribution in [-0.4, -0.2) is 12.5 Å². The highest BCUT2D eigenvalue weighted by atomic mass is 79.9. The predicted octanol–water partition coefficient (Wildman–Crippen LogP) is 4.23. The molecule has 0 heterocycles. The Kier molecular flexibility index (Phi) is 6.46. The van der Waals surface area contributed by atoms with Gasteiger partial charge in [-0.25, -0.2) is 0 Å². The van der Waals surface area contributed by atoms with Gasteiger partial charge in [-0.1, -0.05) is 45.8 Å². The second kappa shape index (κ2) is 8.59. The molecule has 0 saturated heterocycles. The molecular weight excluding hydrogens is 342 g/mol. The molecule has 0 atom stereocenters. The second-order valence-electron chi connectivity index (χ2n) is 5.17. The highest BCUT2D eigenvalue weighted by Gasteiger charge is 2.02. The van der Waals surface area contributed by atoms with Gasteiger partial charge in [-0.2, -0.15) is 0 Å². The molecule has 0 saturated carbocycles. The standard InChI is InChI=1S/C18H20BrNO2/c1-14-4-6-15(7-5-14)13-20-18(21)3-2-12-22-17-10-8-16(19)9-11-17/h4-11H,2-3,12-13H2,1H3,(H,20,21). The predicted molar refractivity (Wildman–Crippen MR) is 91.9 cm³/mol. The highest BCUT2D eigenvalue weighted by Crippen LogP contribution is 2.16. The lowest BCUT2D eigenvalue weighted by Crippen LogP contribution is -2.22. The maximum Gasteiger partial charge on any atom is 0.220 e. The zero-order chi connectivity index (χ0) is 15.8. The minimum absolute atomic E-state index is 0.0555. The molecule has 2 aromatic rings. The van der Waals surface area contributed by atoms with Gasteiger partial charge < -0.3 is 10.1 Å². The van der Waals surface area contributed by atoms with E-state index in [0.717, 1.165) is 15.8 Å². The summed E-state index contributed by atoms with van der Waals surface area (Å²) < 4.78 is 6.61. The smallest absolute Gasteiger partial charge is 0.220 e. The van der Waals surface area contributed by atoms with Crippen LogP contribution in [0.1, 0.15) is 24.0 Å². The molecule has 0 aromatic heterocycles. The van der Waals surface area contributed by atoms with Crippen LogP contribution in [0.25, 0.3) is 0 Å². The fourth-order valence-corrected chi connectivity index (χ4v) is 2.21. The van der Waals surface area contributed by atoms with Crippen molar-refractivity contribution < 1.29 is 9.53 Å². The van der Waals surface area contributed by atoms with Crippen LogP contribution in [0, 0.1) is 6.92 Å². The van der Waals surface area contributed by atoms with E-state index in [1.54, 1.807) is 0 Å². The Labute approximate surface area is 139 Å². The lowest BCUT2D eigenvalue weighted by atomic mass is 10.1. The van der Waals surface area contributed by atoms with Crippen LogP contribution in [-0.2, 0) is 11.3 Å². The molecule has 0 aliphatic heterocycles. The van der Waals surface area contributed by atoms with Gasteiger partial charge in [0.15, 0.2) is 0 Å². The van der Waals surface area contributed by atoms with Crippen molar-refractivity contribution in [3.63, 3.8) is 0 Å². The van der Waals surface area contributed by atoms with Crippen molar-refractivity contribution in [1.29, 1.82) is 0 Å². The quantitative estimate of drug-likeness (QED) is 0.749. The van der Waals surface area contributed by atoms with Crippen molar-refractivity contribution in [2.45, 2.75) is 26.3 Å². The van der Waals surface area contributed by atoms with Gasteiger partial charge in [-0.3, -0.25) is 4.79 Å². The van der Waals surface area contributed by atoms with Crippen LogP contribution in [0.3, 0.4) is 0 Å². The van der Waals surface area contributed by atoms with E-state index in [9.17, 15) is 4.79 Å². The average Bonchev–Trinajstić information content (AvgIpc) is 2.53. The van der Waals surface area contributed by atoms with Crippen molar-refractivity contribution in [3.05, 3.63) is 64.1 Å². The molecule has 0 fully saturated rings. The fourth-order valence-electron chi connectivity index (χ4n) is 1.95. The van der Waals surface area contributed by atoms with E-state index in [-0.39, 0.29) is 5.91 Å². The first kappa shape index (κ1) is 16.6. The molecule has 3 nitrogen and oxygen atoms in total. The van der Waals surface area contributed by atoms with Gasteiger partial charge in [0.05, 0.1) is 6.61 Å². The van der Waals surface area contributed by atoms with Crippen molar-refractivity contribution in [2.24, 2.45) is 0 Å². The number of nitrogens with one attached hydrogen (secondary N) is 1. The molecule has 2 aromatic carbocycles. The third-order valence-electron chi connectivity index (χ3n) is 3.24. The molecule has 0 unspecified atom stereocenters. The number of benzene rings is 2. The SMILES string of the molecule is Cc1ccc(CNC(=O)CCCOc2ccc(Br)cc2)cc1. The van der Waals surface area contributed by atoms with Gasteiger partial charge in [0.1, 0.15) is 5.75 Å². The van der Waals surface area contributed by atoms with E-state index in [2.05, 4.69) is 21.2 Å². The minimum atomic E-state index is 0.0555. The normalized spacial score (nSPS) is 10.3. The number of amides is 1.